The molecule has 0 bridgehead atoms. The number of hydrogen-bond donors (Lipinski definition) is 1. The highest BCUT2D eigenvalue weighted by molar-refractivity contribution is 9.10. The highest BCUT2D eigenvalue weighted by Gasteiger charge is 2.26. The van der Waals surface area contributed by atoms with Gasteiger partial charge in [0.05, 0.1) is 15.1 Å². The van der Waals surface area contributed by atoms with E-state index in [0.717, 1.165) is 12.5 Å². The minimum Gasteiger partial charge on any atom is -0.337 e. The Labute approximate surface area is 124 Å². The van der Waals surface area contributed by atoms with Crippen molar-refractivity contribution in [2.24, 2.45) is 5.73 Å². The van der Waals surface area contributed by atoms with Crippen molar-refractivity contribution in [2.45, 2.75) is 12.5 Å². The molecule has 0 aromatic heterocycles. The van der Waals surface area contributed by atoms with E-state index in [9.17, 15) is 9.18 Å². The standard InChI is InChI=1S/C11H11BrClFN2O.ClH/c12-8-4-9(13)7(3-10(8)14)11(17)16-2-1-6(15)5-16;/h3-4,6H,1-2,5,15H2;1H. The van der Waals surface area contributed by atoms with Gasteiger partial charge in [-0.15, -0.1) is 12.4 Å². The van der Waals surface area contributed by atoms with Crippen molar-refractivity contribution in [3.8, 4) is 0 Å². The maximum absolute atomic E-state index is 13.4. The molecule has 2 rings (SSSR count). The molecule has 18 heavy (non-hydrogen) atoms. The van der Waals surface area contributed by atoms with Gasteiger partial charge in [0, 0.05) is 19.1 Å². The predicted octanol–water partition coefficient (Wildman–Crippen LogP) is 2.84. The van der Waals surface area contributed by atoms with Crippen molar-refractivity contribution in [3.05, 3.63) is 33.0 Å². The van der Waals surface area contributed by atoms with E-state index in [0.29, 0.717) is 13.1 Å². The van der Waals surface area contributed by atoms with Crippen molar-refractivity contribution in [1.82, 2.24) is 4.90 Å². The molecular weight excluding hydrogens is 346 g/mol. The van der Waals surface area contributed by atoms with Crippen LogP contribution in [0.4, 0.5) is 4.39 Å². The third-order valence-corrected chi connectivity index (χ3v) is 3.67. The van der Waals surface area contributed by atoms with Gasteiger partial charge in [0.15, 0.2) is 0 Å². The lowest BCUT2D eigenvalue weighted by Crippen LogP contribution is -2.32. The number of halogens is 4. The minimum atomic E-state index is -0.499. The van der Waals surface area contributed by atoms with E-state index in [2.05, 4.69) is 15.9 Å². The first-order valence-electron chi connectivity index (χ1n) is 5.18. The van der Waals surface area contributed by atoms with Crippen molar-refractivity contribution in [2.75, 3.05) is 13.1 Å². The summed E-state index contributed by atoms with van der Waals surface area (Å²) in [5.41, 5.74) is 5.91. The first-order chi connectivity index (χ1) is 7.99. The van der Waals surface area contributed by atoms with E-state index < -0.39 is 5.82 Å². The molecule has 7 heteroatoms. The van der Waals surface area contributed by atoms with Crippen LogP contribution in [0.15, 0.2) is 16.6 Å². The summed E-state index contributed by atoms with van der Waals surface area (Å²) >= 11 is 8.95. The van der Waals surface area contributed by atoms with Crippen LogP contribution in [-0.4, -0.2) is 29.9 Å². The van der Waals surface area contributed by atoms with Crippen molar-refractivity contribution in [3.63, 3.8) is 0 Å². The van der Waals surface area contributed by atoms with Gasteiger partial charge >= 0.3 is 0 Å². The number of benzene rings is 1. The molecule has 1 atom stereocenters. The van der Waals surface area contributed by atoms with E-state index in [-0.39, 0.29) is 39.4 Å². The Bertz CT molecular complexity index is 473. The van der Waals surface area contributed by atoms with Crippen molar-refractivity contribution < 1.29 is 9.18 Å². The number of amides is 1. The Morgan fingerprint density at radius 3 is 2.78 bits per heavy atom. The second-order valence-corrected chi connectivity index (χ2v) is 5.31. The Morgan fingerprint density at radius 1 is 1.56 bits per heavy atom. The zero-order valence-corrected chi connectivity index (χ0v) is 12.5. The lowest BCUT2D eigenvalue weighted by molar-refractivity contribution is 0.0790. The summed E-state index contributed by atoms with van der Waals surface area (Å²) in [6, 6.07) is 2.54. The molecule has 2 N–H and O–H groups in total. The first-order valence-corrected chi connectivity index (χ1v) is 6.35. The van der Waals surface area contributed by atoms with Gasteiger partial charge in [-0.25, -0.2) is 4.39 Å². The van der Waals surface area contributed by atoms with Gasteiger partial charge in [0.1, 0.15) is 5.82 Å². The average molecular weight is 358 g/mol. The van der Waals surface area contributed by atoms with Crippen LogP contribution in [0.3, 0.4) is 0 Å². The van der Waals surface area contributed by atoms with Crippen LogP contribution in [-0.2, 0) is 0 Å². The van der Waals surface area contributed by atoms with Crippen LogP contribution in [0.2, 0.25) is 5.02 Å². The summed E-state index contributed by atoms with van der Waals surface area (Å²) in [7, 11) is 0. The second-order valence-electron chi connectivity index (χ2n) is 4.05. The smallest absolute Gasteiger partial charge is 0.255 e. The maximum Gasteiger partial charge on any atom is 0.255 e. The summed E-state index contributed by atoms with van der Waals surface area (Å²) in [6.45, 7) is 1.08. The Morgan fingerprint density at radius 2 is 2.22 bits per heavy atom. The molecule has 0 spiro atoms. The molecule has 1 saturated heterocycles. The molecule has 1 aromatic rings. The van der Waals surface area contributed by atoms with E-state index in [1.807, 2.05) is 0 Å². The van der Waals surface area contributed by atoms with Crippen LogP contribution < -0.4 is 5.73 Å². The predicted molar refractivity (Wildman–Crippen MR) is 74.9 cm³/mol. The number of nitrogens with two attached hydrogens (primary N) is 1. The minimum absolute atomic E-state index is 0. The van der Waals surface area contributed by atoms with Crippen LogP contribution in [0, 0.1) is 5.82 Å². The van der Waals surface area contributed by atoms with Crippen LogP contribution in [0.25, 0.3) is 0 Å². The Hall–Kier alpha value is -0.360. The molecule has 1 fully saturated rings. The van der Waals surface area contributed by atoms with E-state index in [4.69, 9.17) is 17.3 Å². The summed E-state index contributed by atoms with van der Waals surface area (Å²) in [6.07, 6.45) is 0.766. The fraction of sp³-hybridized carbons (Fsp3) is 0.364. The van der Waals surface area contributed by atoms with Crippen LogP contribution in [0.1, 0.15) is 16.8 Å². The topological polar surface area (TPSA) is 46.3 Å². The molecule has 100 valence electrons. The summed E-state index contributed by atoms with van der Waals surface area (Å²) in [4.78, 5) is 13.7. The van der Waals surface area contributed by atoms with Gasteiger partial charge in [-0.3, -0.25) is 4.79 Å². The zero-order valence-electron chi connectivity index (χ0n) is 9.33. The second kappa shape index (κ2) is 6.19. The number of likely N-dealkylation sites (tertiary alicyclic amines) is 1. The summed E-state index contributed by atoms with van der Waals surface area (Å²) < 4.78 is 13.6. The lowest BCUT2D eigenvalue weighted by atomic mass is 10.2. The fourth-order valence-corrected chi connectivity index (χ4v) is 2.55. The Balaban J connectivity index is 0.00000162. The molecule has 3 nitrogen and oxygen atoms in total. The number of rotatable bonds is 1. The largest absolute Gasteiger partial charge is 0.337 e. The molecule has 1 unspecified atom stereocenters. The number of hydrogen-bond acceptors (Lipinski definition) is 2. The van der Waals surface area contributed by atoms with Crippen molar-refractivity contribution in [1.29, 1.82) is 0 Å². The molecule has 0 saturated carbocycles. The van der Waals surface area contributed by atoms with Gasteiger partial charge in [0.25, 0.3) is 5.91 Å². The lowest BCUT2D eigenvalue weighted by Gasteiger charge is -2.16. The molecular formula is C11H12BrCl2FN2O. The van der Waals surface area contributed by atoms with E-state index in [1.54, 1.807) is 4.90 Å². The molecule has 1 amide bonds. The number of carbonyl (C=O) groups excluding carboxylic acids is 1. The molecule has 1 heterocycles. The first kappa shape index (κ1) is 15.7. The highest BCUT2D eigenvalue weighted by Crippen LogP contribution is 2.26. The van der Waals surface area contributed by atoms with Gasteiger partial charge in [-0.05, 0) is 34.5 Å². The summed E-state index contributed by atoms with van der Waals surface area (Å²) in [5.74, 6) is -0.768. The van der Waals surface area contributed by atoms with Gasteiger partial charge in [-0.1, -0.05) is 11.6 Å². The molecule has 0 radical (unpaired) electrons. The van der Waals surface area contributed by atoms with Gasteiger partial charge in [-0.2, -0.15) is 0 Å². The number of carbonyl (C=O) groups is 1. The summed E-state index contributed by atoms with van der Waals surface area (Å²) in [5, 5.41) is 0.240. The monoisotopic (exact) mass is 356 g/mol. The molecule has 0 aliphatic carbocycles. The normalized spacial score (nSPS) is 18.7. The fourth-order valence-electron chi connectivity index (χ4n) is 1.83. The highest BCUT2D eigenvalue weighted by atomic mass is 79.9. The van der Waals surface area contributed by atoms with E-state index in [1.165, 1.54) is 6.07 Å². The molecule has 1 aliphatic rings. The zero-order chi connectivity index (χ0) is 12.6. The van der Waals surface area contributed by atoms with Crippen molar-refractivity contribution >= 4 is 45.8 Å². The van der Waals surface area contributed by atoms with Crippen LogP contribution in [0.5, 0.6) is 0 Å². The van der Waals surface area contributed by atoms with Crippen LogP contribution >= 0.6 is 39.9 Å². The number of nitrogens with zero attached hydrogens (tertiary/aromatic N) is 1. The SMILES string of the molecule is Cl.NC1CCN(C(=O)c2cc(F)c(Br)cc2Cl)C1. The van der Waals surface area contributed by atoms with Gasteiger partial charge in [0.2, 0.25) is 0 Å². The Kier molecular flexibility index (Phi) is 5.40. The van der Waals surface area contributed by atoms with E-state index >= 15 is 0 Å². The average Bonchev–Trinajstić information content (AvgIpc) is 2.69. The third kappa shape index (κ3) is 3.15. The molecule has 1 aliphatic heterocycles. The third-order valence-electron chi connectivity index (χ3n) is 2.75. The quantitative estimate of drug-likeness (QED) is 0.785. The molecule has 1 aromatic carbocycles. The van der Waals surface area contributed by atoms with Gasteiger partial charge < -0.3 is 10.6 Å². The maximum atomic E-state index is 13.4.